The lowest BCUT2D eigenvalue weighted by atomic mass is 9.85. The second kappa shape index (κ2) is 19.5. The summed E-state index contributed by atoms with van der Waals surface area (Å²) in [5, 5.41) is 26.6. The predicted octanol–water partition coefficient (Wildman–Crippen LogP) is 3.67. The Hall–Kier alpha value is -5.90. The summed E-state index contributed by atoms with van der Waals surface area (Å²) in [5.41, 5.74) is 0.816. The largest absolute Gasteiger partial charge is 0.394 e. The van der Waals surface area contributed by atoms with Crippen LogP contribution in [0.25, 0.3) is 5.65 Å². The van der Waals surface area contributed by atoms with Gasteiger partial charge in [0.1, 0.15) is 17.4 Å². The molecule has 1 saturated carbocycles. The molecule has 352 valence electrons. The highest BCUT2D eigenvalue weighted by Crippen LogP contribution is 2.37. The van der Waals surface area contributed by atoms with E-state index in [2.05, 4.69) is 38.0 Å². The van der Waals surface area contributed by atoms with Gasteiger partial charge in [0, 0.05) is 63.8 Å². The predicted molar refractivity (Wildman–Crippen MR) is 234 cm³/mol. The Bertz CT molecular complexity index is 2470. The highest BCUT2D eigenvalue weighted by Gasteiger charge is 2.45. The summed E-state index contributed by atoms with van der Waals surface area (Å²) in [6, 6.07) is 5.54. The van der Waals surface area contributed by atoms with Crippen LogP contribution in [0, 0.1) is 11.8 Å². The summed E-state index contributed by atoms with van der Waals surface area (Å²) < 4.78 is 43.7. The first-order chi connectivity index (χ1) is 31.9. The molecule has 0 bridgehead atoms. The van der Waals surface area contributed by atoms with E-state index >= 15 is 0 Å². The number of aliphatic hydroxyl groups excluding tert-OH is 1. The number of amides is 5. The van der Waals surface area contributed by atoms with Gasteiger partial charge in [-0.2, -0.15) is 10.2 Å². The second-order valence-corrected chi connectivity index (χ2v) is 18.1. The minimum Gasteiger partial charge on any atom is -0.394 e. The SMILES string of the molecule is C[C@H]1C[C@H](CO)N(c2ccn3ncc(C(=O)Nc4cn([C@H]5CC[C@H](CN6CCO[C@H](COCCCNc7cccc8c7C(=O)N(C7CCC(=O)NC7=O)C8=O)C6)CC5)nc4C(F)F)c3n2)C1. The molecule has 4 N–H and O–H groups in total. The number of rotatable bonds is 16. The Morgan fingerprint density at radius 2 is 1.89 bits per heavy atom. The first kappa shape index (κ1) is 45.3. The Labute approximate surface area is 379 Å². The van der Waals surface area contributed by atoms with Gasteiger partial charge in [0.25, 0.3) is 24.1 Å². The molecule has 3 saturated heterocycles. The first-order valence-electron chi connectivity index (χ1n) is 22.9. The third-order valence-electron chi connectivity index (χ3n) is 13.4. The molecular weight excluding hydrogens is 861 g/mol. The van der Waals surface area contributed by atoms with Gasteiger partial charge in [0.2, 0.25) is 11.8 Å². The fraction of sp³-hybridized carbons (Fsp3) is 0.556. The lowest BCUT2D eigenvalue weighted by molar-refractivity contribution is -0.136. The van der Waals surface area contributed by atoms with Crippen LogP contribution in [-0.2, 0) is 19.1 Å². The van der Waals surface area contributed by atoms with E-state index in [1.807, 2.05) is 4.90 Å². The summed E-state index contributed by atoms with van der Waals surface area (Å²) in [4.78, 5) is 74.2. The molecule has 19 nitrogen and oxygen atoms in total. The number of aromatic nitrogens is 5. The van der Waals surface area contributed by atoms with Crippen molar-refractivity contribution >= 4 is 52.4 Å². The highest BCUT2D eigenvalue weighted by molar-refractivity contribution is 6.25. The minimum atomic E-state index is -2.90. The van der Waals surface area contributed by atoms with E-state index in [9.17, 15) is 37.9 Å². The Balaban J connectivity index is 0.716. The second-order valence-electron chi connectivity index (χ2n) is 18.1. The van der Waals surface area contributed by atoms with Gasteiger partial charge in [-0.3, -0.25) is 43.8 Å². The van der Waals surface area contributed by atoms with Gasteiger partial charge in [-0.25, -0.2) is 18.3 Å². The number of nitrogens with zero attached hydrogens (tertiary/aromatic N) is 8. The van der Waals surface area contributed by atoms with E-state index in [4.69, 9.17) is 14.5 Å². The Morgan fingerprint density at radius 1 is 1.06 bits per heavy atom. The van der Waals surface area contributed by atoms with Gasteiger partial charge in [0.15, 0.2) is 11.3 Å². The highest BCUT2D eigenvalue weighted by atomic mass is 19.3. The number of anilines is 3. The molecule has 5 aliphatic rings. The van der Waals surface area contributed by atoms with Gasteiger partial charge in [-0.15, -0.1) is 0 Å². The van der Waals surface area contributed by atoms with E-state index in [0.717, 1.165) is 56.6 Å². The monoisotopic (exact) mass is 915 g/mol. The molecular formula is C45H55F2N11O8. The lowest BCUT2D eigenvalue weighted by Gasteiger charge is -2.37. The van der Waals surface area contributed by atoms with Crippen LogP contribution in [0.15, 0.2) is 42.9 Å². The van der Waals surface area contributed by atoms with Crippen molar-refractivity contribution < 1.29 is 47.3 Å². The topological polar surface area (TPSA) is 218 Å². The molecule has 3 aromatic heterocycles. The summed E-state index contributed by atoms with van der Waals surface area (Å²) >= 11 is 0. The number of hydrogen-bond donors (Lipinski definition) is 4. The third kappa shape index (κ3) is 9.38. The fourth-order valence-corrected chi connectivity index (χ4v) is 10.1. The van der Waals surface area contributed by atoms with Crippen molar-refractivity contribution in [1.82, 2.24) is 39.5 Å². The maximum absolute atomic E-state index is 14.3. The van der Waals surface area contributed by atoms with E-state index in [1.54, 1.807) is 35.1 Å². The van der Waals surface area contributed by atoms with Gasteiger partial charge in [-0.1, -0.05) is 13.0 Å². The molecule has 0 spiro atoms. The van der Waals surface area contributed by atoms with Crippen molar-refractivity contribution in [2.24, 2.45) is 11.8 Å². The number of hydrogen-bond acceptors (Lipinski definition) is 14. The van der Waals surface area contributed by atoms with Crippen LogP contribution in [-0.4, -0.2) is 146 Å². The number of carbonyl (C=O) groups is 5. The van der Waals surface area contributed by atoms with Gasteiger partial charge < -0.3 is 30.1 Å². The Morgan fingerprint density at radius 3 is 2.68 bits per heavy atom. The molecule has 4 aromatic rings. The molecule has 1 aliphatic carbocycles. The number of alkyl halides is 2. The number of carbonyl (C=O) groups excluding carboxylic acids is 5. The number of morpholine rings is 1. The van der Waals surface area contributed by atoms with Crippen molar-refractivity contribution in [3.8, 4) is 0 Å². The van der Waals surface area contributed by atoms with Crippen LogP contribution < -0.4 is 20.9 Å². The molecule has 7 heterocycles. The van der Waals surface area contributed by atoms with Crippen molar-refractivity contribution in [3.05, 3.63) is 65.2 Å². The number of fused-ring (bicyclic) bond motifs is 2. The summed E-state index contributed by atoms with van der Waals surface area (Å²) in [6.07, 6.45) is 6.46. The number of piperidine rings is 1. The van der Waals surface area contributed by atoms with E-state index in [0.29, 0.717) is 62.7 Å². The number of imide groups is 2. The van der Waals surface area contributed by atoms with Gasteiger partial charge >= 0.3 is 0 Å². The molecule has 66 heavy (non-hydrogen) atoms. The maximum atomic E-state index is 14.3. The van der Waals surface area contributed by atoms with E-state index < -0.39 is 47.7 Å². The number of benzene rings is 1. The smallest absolute Gasteiger partial charge is 0.284 e. The van der Waals surface area contributed by atoms with Crippen LogP contribution in [0.5, 0.6) is 0 Å². The fourth-order valence-electron chi connectivity index (χ4n) is 10.1. The molecule has 0 radical (unpaired) electrons. The van der Waals surface area contributed by atoms with Crippen LogP contribution >= 0.6 is 0 Å². The van der Waals surface area contributed by atoms with Gasteiger partial charge in [-0.05, 0) is 75.0 Å². The molecule has 4 atom stereocenters. The summed E-state index contributed by atoms with van der Waals surface area (Å²) in [7, 11) is 0. The van der Waals surface area contributed by atoms with E-state index in [-0.39, 0.29) is 65.7 Å². The molecule has 21 heteroatoms. The molecule has 4 fully saturated rings. The number of aliphatic hydroxyl groups is 1. The lowest BCUT2D eigenvalue weighted by Crippen LogP contribution is -2.54. The quantitative estimate of drug-likeness (QED) is 0.0932. The number of ether oxygens (including phenoxy) is 2. The average Bonchev–Trinajstić information content (AvgIpc) is 4.09. The summed E-state index contributed by atoms with van der Waals surface area (Å²) in [6.45, 7) is 7.12. The van der Waals surface area contributed by atoms with Crippen LogP contribution in [0.2, 0.25) is 0 Å². The van der Waals surface area contributed by atoms with Crippen LogP contribution in [0.1, 0.15) is 108 Å². The molecule has 4 aliphatic heterocycles. The maximum Gasteiger partial charge on any atom is 0.284 e. The molecule has 1 unspecified atom stereocenters. The van der Waals surface area contributed by atoms with Crippen molar-refractivity contribution in [2.75, 3.05) is 74.7 Å². The molecule has 1 aromatic carbocycles. The zero-order valence-corrected chi connectivity index (χ0v) is 36.7. The normalized spacial score (nSPS) is 25.0. The van der Waals surface area contributed by atoms with E-state index in [1.165, 1.54) is 16.9 Å². The van der Waals surface area contributed by atoms with Crippen molar-refractivity contribution in [2.45, 2.75) is 88.9 Å². The Kier molecular flexibility index (Phi) is 13.4. The zero-order valence-electron chi connectivity index (χ0n) is 36.7. The number of nitrogens with one attached hydrogen (secondary N) is 3. The van der Waals surface area contributed by atoms with Crippen LogP contribution in [0.4, 0.5) is 26.0 Å². The third-order valence-corrected chi connectivity index (χ3v) is 13.4. The minimum absolute atomic E-state index is 0.0174. The van der Waals surface area contributed by atoms with Crippen molar-refractivity contribution in [3.63, 3.8) is 0 Å². The first-order valence-corrected chi connectivity index (χ1v) is 22.9. The molecule has 9 rings (SSSR count). The summed E-state index contributed by atoms with van der Waals surface area (Å²) in [5.74, 6) is -1.42. The molecule has 5 amide bonds. The number of halogens is 2. The van der Waals surface area contributed by atoms with Crippen LogP contribution in [0.3, 0.4) is 0 Å². The van der Waals surface area contributed by atoms with Crippen molar-refractivity contribution in [1.29, 1.82) is 0 Å². The standard InChI is InChI=1S/C45H55F2N11O8/c1-26-18-29(24-59)55(20-26)36-12-14-56-41(51-36)32(19-49-56)42(61)50-34-23-57(53-39(34)40(46)47)28-8-6-27(7-9-28)21-54-15-17-66-30(22-54)25-65-16-3-13-48-33-5-2-4-31-38(33)45(64)58(44(31)63)35-10-11-37(60)52-43(35)62/h2,4-5,12,14,19,23,26-30,35,40,48,59H,3,6-11,13,15-18,20-22,24-25H2,1H3,(H,50,61)(H,52,60,62)/t26-,27-,28-,29+,30-,35?/m0/s1. The average molecular weight is 916 g/mol. The zero-order chi connectivity index (χ0) is 46.1. The van der Waals surface area contributed by atoms with Gasteiger partial charge in [0.05, 0.1) is 61.0 Å².